The zero-order valence-corrected chi connectivity index (χ0v) is 11.2. The van der Waals surface area contributed by atoms with Crippen LogP contribution in [0.2, 0.25) is 0 Å². The van der Waals surface area contributed by atoms with Crippen LogP contribution in [0.25, 0.3) is 0 Å². The van der Waals surface area contributed by atoms with Crippen LogP contribution in [0.4, 0.5) is 5.69 Å². The van der Waals surface area contributed by atoms with Gasteiger partial charge in [0.2, 0.25) is 0 Å². The quantitative estimate of drug-likeness (QED) is 0.574. The Balaban J connectivity index is 2.32. The second-order valence-electron chi connectivity index (χ2n) is 4.42. The number of benzene rings is 1. The molecule has 1 aromatic carbocycles. The highest BCUT2D eigenvalue weighted by atomic mass is 16.5. The molecule has 0 aliphatic carbocycles. The van der Waals surface area contributed by atoms with E-state index in [9.17, 15) is 0 Å². The van der Waals surface area contributed by atoms with Crippen LogP contribution in [-0.4, -0.2) is 27.6 Å². The van der Waals surface area contributed by atoms with Crippen molar-refractivity contribution in [3.8, 4) is 0 Å². The van der Waals surface area contributed by atoms with Crippen LogP contribution in [-0.2, 0) is 4.74 Å². The molecule has 0 fully saturated rings. The molecule has 2 radical (unpaired) electrons. The standard InChI is InChI=1S/C14H22BNO/c1-4-5-7-17-8-6-16-13-9-11(2)14(15)12(3)10-13/h9-10,16H,4-8H2,1-3H3. The Morgan fingerprint density at radius 3 is 2.41 bits per heavy atom. The van der Waals surface area contributed by atoms with E-state index in [-0.39, 0.29) is 0 Å². The van der Waals surface area contributed by atoms with Gasteiger partial charge in [-0.25, -0.2) is 0 Å². The number of unbranched alkanes of at least 4 members (excludes halogenated alkanes) is 1. The molecule has 1 N–H and O–H groups in total. The normalized spacial score (nSPS) is 10.5. The van der Waals surface area contributed by atoms with Crippen molar-refractivity contribution < 1.29 is 4.74 Å². The summed E-state index contributed by atoms with van der Waals surface area (Å²) in [6.45, 7) is 8.69. The Kier molecular flexibility index (Phi) is 6.13. The number of hydrogen-bond donors (Lipinski definition) is 1. The molecular weight excluding hydrogens is 209 g/mol. The third-order valence-corrected chi connectivity index (χ3v) is 2.81. The summed E-state index contributed by atoms with van der Waals surface area (Å²) < 4.78 is 5.49. The van der Waals surface area contributed by atoms with Crippen LogP contribution < -0.4 is 10.8 Å². The first-order valence-electron chi connectivity index (χ1n) is 6.33. The van der Waals surface area contributed by atoms with Gasteiger partial charge in [-0.05, 0) is 32.4 Å². The maximum Gasteiger partial charge on any atom is 0.114 e. The Morgan fingerprint density at radius 1 is 1.18 bits per heavy atom. The van der Waals surface area contributed by atoms with Crippen LogP contribution in [0.15, 0.2) is 12.1 Å². The van der Waals surface area contributed by atoms with Gasteiger partial charge < -0.3 is 10.1 Å². The van der Waals surface area contributed by atoms with Gasteiger partial charge in [0, 0.05) is 18.8 Å². The van der Waals surface area contributed by atoms with E-state index >= 15 is 0 Å². The number of aryl methyl sites for hydroxylation is 2. The molecular formula is C14H22BNO. The van der Waals surface area contributed by atoms with E-state index in [1.807, 2.05) is 13.8 Å². The zero-order valence-electron chi connectivity index (χ0n) is 11.2. The van der Waals surface area contributed by atoms with Crippen LogP contribution in [0.1, 0.15) is 30.9 Å². The first kappa shape index (κ1) is 14.1. The monoisotopic (exact) mass is 231 g/mol. The summed E-state index contributed by atoms with van der Waals surface area (Å²) >= 11 is 0. The minimum atomic E-state index is 0.752. The second kappa shape index (κ2) is 7.39. The minimum Gasteiger partial charge on any atom is -0.383 e. The fourth-order valence-electron chi connectivity index (χ4n) is 1.69. The maximum atomic E-state index is 5.91. The third-order valence-electron chi connectivity index (χ3n) is 2.81. The topological polar surface area (TPSA) is 21.3 Å². The van der Waals surface area contributed by atoms with Crippen molar-refractivity contribution in [3.63, 3.8) is 0 Å². The van der Waals surface area contributed by atoms with Gasteiger partial charge in [0.15, 0.2) is 0 Å². The molecule has 0 amide bonds. The molecule has 0 atom stereocenters. The van der Waals surface area contributed by atoms with Gasteiger partial charge in [-0.1, -0.05) is 29.9 Å². The van der Waals surface area contributed by atoms with Gasteiger partial charge in [0.25, 0.3) is 0 Å². The van der Waals surface area contributed by atoms with Crippen molar-refractivity contribution in [1.29, 1.82) is 0 Å². The average Bonchev–Trinajstić information content (AvgIpc) is 2.30. The molecule has 0 aromatic heterocycles. The van der Waals surface area contributed by atoms with E-state index in [1.54, 1.807) is 0 Å². The van der Waals surface area contributed by atoms with E-state index in [4.69, 9.17) is 12.6 Å². The molecule has 0 heterocycles. The summed E-state index contributed by atoms with van der Waals surface area (Å²) in [4.78, 5) is 0. The largest absolute Gasteiger partial charge is 0.383 e. The van der Waals surface area contributed by atoms with E-state index in [0.717, 1.165) is 48.5 Å². The van der Waals surface area contributed by atoms with Crippen molar-refractivity contribution in [2.45, 2.75) is 33.6 Å². The molecule has 17 heavy (non-hydrogen) atoms. The molecule has 0 saturated carbocycles. The van der Waals surface area contributed by atoms with Crippen molar-refractivity contribution in [3.05, 3.63) is 23.3 Å². The van der Waals surface area contributed by atoms with Gasteiger partial charge in [-0.2, -0.15) is 0 Å². The van der Waals surface area contributed by atoms with Gasteiger partial charge in [-0.3, -0.25) is 0 Å². The lowest BCUT2D eigenvalue weighted by Crippen LogP contribution is -2.14. The molecule has 0 aliphatic rings. The number of ether oxygens (including phenoxy) is 1. The molecule has 0 aliphatic heterocycles. The summed E-state index contributed by atoms with van der Waals surface area (Å²) in [6, 6.07) is 4.16. The predicted molar refractivity (Wildman–Crippen MR) is 75.5 cm³/mol. The smallest absolute Gasteiger partial charge is 0.114 e. The van der Waals surface area contributed by atoms with Crippen LogP contribution in [0.3, 0.4) is 0 Å². The molecule has 0 bridgehead atoms. The molecule has 1 aromatic rings. The number of rotatable bonds is 7. The predicted octanol–water partition coefficient (Wildman–Crippen LogP) is 2.33. The van der Waals surface area contributed by atoms with Gasteiger partial charge in [0.05, 0.1) is 6.61 Å². The summed E-state index contributed by atoms with van der Waals surface area (Å²) in [7, 11) is 5.91. The van der Waals surface area contributed by atoms with Crippen molar-refractivity contribution in [2.24, 2.45) is 0 Å². The van der Waals surface area contributed by atoms with Crippen molar-refractivity contribution >= 4 is 19.0 Å². The number of nitrogens with one attached hydrogen (secondary N) is 1. The molecule has 1 rings (SSSR count). The van der Waals surface area contributed by atoms with Crippen molar-refractivity contribution in [2.75, 3.05) is 25.1 Å². The van der Waals surface area contributed by atoms with Crippen molar-refractivity contribution in [1.82, 2.24) is 0 Å². The molecule has 2 nitrogen and oxygen atoms in total. The maximum absolute atomic E-state index is 5.91. The van der Waals surface area contributed by atoms with E-state index in [1.165, 1.54) is 6.42 Å². The van der Waals surface area contributed by atoms with E-state index in [2.05, 4.69) is 24.4 Å². The Labute approximate surface area is 106 Å². The van der Waals surface area contributed by atoms with Crippen LogP contribution in [0.5, 0.6) is 0 Å². The highest BCUT2D eigenvalue weighted by molar-refractivity contribution is 6.34. The SMILES string of the molecule is [B]c1c(C)cc(NCCOCCCC)cc1C. The van der Waals surface area contributed by atoms with E-state index < -0.39 is 0 Å². The first-order valence-corrected chi connectivity index (χ1v) is 6.33. The first-order chi connectivity index (χ1) is 8.15. The highest BCUT2D eigenvalue weighted by Crippen LogP contribution is 2.10. The molecule has 3 heteroatoms. The molecule has 92 valence electrons. The van der Waals surface area contributed by atoms with Gasteiger partial charge in [0.1, 0.15) is 7.85 Å². The fraction of sp³-hybridized carbons (Fsp3) is 0.571. The van der Waals surface area contributed by atoms with Gasteiger partial charge >= 0.3 is 0 Å². The number of anilines is 1. The number of hydrogen-bond acceptors (Lipinski definition) is 2. The van der Waals surface area contributed by atoms with E-state index in [0.29, 0.717) is 0 Å². The molecule has 0 spiro atoms. The lowest BCUT2D eigenvalue weighted by Gasteiger charge is -2.11. The Morgan fingerprint density at radius 2 is 1.82 bits per heavy atom. The minimum absolute atomic E-state index is 0.752. The summed E-state index contributed by atoms with van der Waals surface area (Å²) in [5.41, 5.74) is 4.25. The third kappa shape index (κ3) is 4.82. The fourth-order valence-corrected chi connectivity index (χ4v) is 1.69. The highest BCUT2D eigenvalue weighted by Gasteiger charge is 1.99. The second-order valence-corrected chi connectivity index (χ2v) is 4.42. The summed E-state index contributed by atoms with van der Waals surface area (Å²) in [5, 5.41) is 3.35. The van der Waals surface area contributed by atoms with Crippen LogP contribution in [0, 0.1) is 13.8 Å². The van der Waals surface area contributed by atoms with Gasteiger partial charge in [-0.15, -0.1) is 0 Å². The molecule has 0 unspecified atom stereocenters. The Hall–Kier alpha value is -0.955. The lowest BCUT2D eigenvalue weighted by atomic mass is 9.86. The zero-order chi connectivity index (χ0) is 12.7. The molecule has 0 saturated heterocycles. The lowest BCUT2D eigenvalue weighted by molar-refractivity contribution is 0.141. The Bertz CT molecular complexity index is 329. The van der Waals surface area contributed by atoms with Crippen LogP contribution >= 0.6 is 0 Å². The summed E-state index contributed by atoms with van der Waals surface area (Å²) in [5.74, 6) is 0. The summed E-state index contributed by atoms with van der Waals surface area (Å²) in [6.07, 6.45) is 2.32. The average molecular weight is 231 g/mol.